The van der Waals surface area contributed by atoms with Crippen molar-refractivity contribution in [3.8, 4) is 6.07 Å². The van der Waals surface area contributed by atoms with Crippen LogP contribution < -0.4 is 11.1 Å². The second-order valence-corrected chi connectivity index (χ2v) is 3.83. The molecular weight excluding hydrogens is 188 g/mol. The third kappa shape index (κ3) is 3.56. The summed E-state index contributed by atoms with van der Waals surface area (Å²) in [7, 11) is 0. The molecule has 0 amide bonds. The Balaban J connectivity index is 2.55. The van der Waals surface area contributed by atoms with Crippen LogP contribution in [0.5, 0.6) is 0 Å². The minimum atomic E-state index is 0.0949. The van der Waals surface area contributed by atoms with Crippen LogP contribution in [0, 0.1) is 17.2 Å². The van der Waals surface area contributed by atoms with E-state index in [1.165, 1.54) is 0 Å². The van der Waals surface area contributed by atoms with E-state index in [2.05, 4.69) is 30.2 Å². The molecule has 80 valence electrons. The van der Waals surface area contributed by atoms with E-state index in [0.29, 0.717) is 23.8 Å². The molecule has 15 heavy (non-hydrogen) atoms. The number of hydrogen-bond acceptors (Lipinski definition) is 4. The Morgan fingerprint density at radius 1 is 1.60 bits per heavy atom. The van der Waals surface area contributed by atoms with Gasteiger partial charge in [-0.25, -0.2) is 4.98 Å². The molecule has 0 bridgehead atoms. The number of anilines is 1. The minimum Gasteiger partial charge on any atom is -0.368 e. The Bertz CT molecular complexity index is 354. The molecule has 1 aromatic heterocycles. The Morgan fingerprint density at radius 3 is 2.93 bits per heavy atom. The third-order valence-electron chi connectivity index (χ3n) is 2.26. The summed E-state index contributed by atoms with van der Waals surface area (Å²) in [5, 5.41) is 11.8. The molecular formula is C11H16N4. The topological polar surface area (TPSA) is 74.7 Å². The standard InChI is InChI=1S/C11H16N4/c1-8(2)10(13)7-15-11-5-9(6-12)3-4-14-11/h3-5,8,10H,7,13H2,1-2H3,(H,14,15). The van der Waals surface area contributed by atoms with E-state index in [1.54, 1.807) is 18.3 Å². The number of pyridine rings is 1. The molecule has 0 radical (unpaired) electrons. The van der Waals surface area contributed by atoms with Crippen LogP contribution in [0.25, 0.3) is 0 Å². The van der Waals surface area contributed by atoms with E-state index in [1.807, 2.05) is 0 Å². The molecule has 1 rings (SSSR count). The van der Waals surface area contributed by atoms with Crippen molar-refractivity contribution in [1.29, 1.82) is 5.26 Å². The zero-order chi connectivity index (χ0) is 11.3. The largest absolute Gasteiger partial charge is 0.368 e. The summed E-state index contributed by atoms with van der Waals surface area (Å²) in [6.07, 6.45) is 1.61. The molecule has 1 unspecified atom stereocenters. The number of nitrogens with one attached hydrogen (secondary N) is 1. The van der Waals surface area contributed by atoms with Gasteiger partial charge in [0.2, 0.25) is 0 Å². The van der Waals surface area contributed by atoms with Crippen LogP contribution >= 0.6 is 0 Å². The lowest BCUT2D eigenvalue weighted by atomic mass is 10.1. The van der Waals surface area contributed by atoms with Crippen molar-refractivity contribution < 1.29 is 0 Å². The molecule has 1 heterocycles. The maximum absolute atomic E-state index is 8.70. The Kier molecular flexibility index (Phi) is 4.07. The Labute approximate surface area is 90.1 Å². The second-order valence-electron chi connectivity index (χ2n) is 3.83. The molecule has 3 N–H and O–H groups in total. The highest BCUT2D eigenvalue weighted by molar-refractivity contribution is 5.42. The molecule has 1 atom stereocenters. The number of rotatable bonds is 4. The minimum absolute atomic E-state index is 0.0949. The van der Waals surface area contributed by atoms with E-state index >= 15 is 0 Å². The van der Waals surface area contributed by atoms with Gasteiger partial charge in [0, 0.05) is 18.8 Å². The fraction of sp³-hybridized carbons (Fsp3) is 0.455. The molecule has 0 saturated heterocycles. The first-order chi connectivity index (χ1) is 7.13. The number of nitrogens with zero attached hydrogens (tertiary/aromatic N) is 2. The first kappa shape index (κ1) is 11.5. The smallest absolute Gasteiger partial charge is 0.127 e. The van der Waals surface area contributed by atoms with Gasteiger partial charge < -0.3 is 11.1 Å². The van der Waals surface area contributed by atoms with Crippen LogP contribution in [-0.4, -0.2) is 17.6 Å². The van der Waals surface area contributed by atoms with E-state index < -0.39 is 0 Å². The van der Waals surface area contributed by atoms with Gasteiger partial charge in [0.25, 0.3) is 0 Å². The molecule has 0 fully saturated rings. The van der Waals surface area contributed by atoms with Crippen molar-refractivity contribution in [2.75, 3.05) is 11.9 Å². The summed E-state index contributed by atoms with van der Waals surface area (Å²) in [4.78, 5) is 4.10. The van der Waals surface area contributed by atoms with Crippen molar-refractivity contribution in [2.45, 2.75) is 19.9 Å². The van der Waals surface area contributed by atoms with Gasteiger partial charge in [0.1, 0.15) is 5.82 Å². The van der Waals surface area contributed by atoms with Crippen molar-refractivity contribution in [2.24, 2.45) is 11.7 Å². The molecule has 0 aliphatic rings. The summed E-state index contributed by atoms with van der Waals surface area (Å²) in [5.41, 5.74) is 6.48. The second kappa shape index (κ2) is 5.32. The molecule has 0 aromatic carbocycles. The van der Waals surface area contributed by atoms with Gasteiger partial charge in [0.15, 0.2) is 0 Å². The Morgan fingerprint density at radius 2 is 2.33 bits per heavy atom. The predicted octanol–water partition coefficient (Wildman–Crippen LogP) is 1.35. The molecule has 1 aromatic rings. The average Bonchev–Trinajstić information content (AvgIpc) is 2.26. The summed E-state index contributed by atoms with van der Waals surface area (Å²) in [5.74, 6) is 1.13. The lowest BCUT2D eigenvalue weighted by Crippen LogP contribution is -2.34. The van der Waals surface area contributed by atoms with Gasteiger partial charge in [-0.05, 0) is 18.1 Å². The molecule has 4 heteroatoms. The quantitative estimate of drug-likeness (QED) is 0.776. The van der Waals surface area contributed by atoms with Gasteiger partial charge in [-0.3, -0.25) is 0 Å². The Hall–Kier alpha value is -1.60. The maximum Gasteiger partial charge on any atom is 0.127 e. The first-order valence-corrected chi connectivity index (χ1v) is 4.99. The van der Waals surface area contributed by atoms with Crippen LogP contribution in [0.2, 0.25) is 0 Å². The van der Waals surface area contributed by atoms with Gasteiger partial charge in [-0.15, -0.1) is 0 Å². The van der Waals surface area contributed by atoms with E-state index in [-0.39, 0.29) is 6.04 Å². The first-order valence-electron chi connectivity index (χ1n) is 4.99. The van der Waals surface area contributed by atoms with Crippen molar-refractivity contribution in [3.63, 3.8) is 0 Å². The zero-order valence-electron chi connectivity index (χ0n) is 9.07. The van der Waals surface area contributed by atoms with Crippen LogP contribution in [0.4, 0.5) is 5.82 Å². The van der Waals surface area contributed by atoms with E-state index in [0.717, 1.165) is 0 Å². The number of nitrogens with two attached hydrogens (primary N) is 1. The van der Waals surface area contributed by atoms with Crippen molar-refractivity contribution >= 4 is 5.82 Å². The number of hydrogen-bond donors (Lipinski definition) is 2. The summed E-state index contributed by atoms with van der Waals surface area (Å²) >= 11 is 0. The molecule has 0 saturated carbocycles. The molecule has 0 aliphatic heterocycles. The van der Waals surface area contributed by atoms with E-state index in [9.17, 15) is 0 Å². The monoisotopic (exact) mass is 204 g/mol. The summed E-state index contributed by atoms with van der Waals surface area (Å²) in [6.45, 7) is 4.82. The predicted molar refractivity (Wildman–Crippen MR) is 60.3 cm³/mol. The fourth-order valence-electron chi connectivity index (χ4n) is 1.05. The van der Waals surface area contributed by atoms with Gasteiger partial charge in [-0.1, -0.05) is 13.8 Å². The van der Waals surface area contributed by atoms with E-state index in [4.69, 9.17) is 11.0 Å². The van der Waals surface area contributed by atoms with Crippen molar-refractivity contribution in [1.82, 2.24) is 4.98 Å². The lowest BCUT2D eigenvalue weighted by Gasteiger charge is -2.16. The highest BCUT2D eigenvalue weighted by Gasteiger charge is 2.07. The molecule has 0 aliphatic carbocycles. The third-order valence-corrected chi connectivity index (χ3v) is 2.26. The zero-order valence-corrected chi connectivity index (χ0v) is 9.07. The summed E-state index contributed by atoms with van der Waals surface area (Å²) < 4.78 is 0. The maximum atomic E-state index is 8.70. The molecule has 0 spiro atoms. The average molecular weight is 204 g/mol. The summed E-state index contributed by atoms with van der Waals surface area (Å²) in [6, 6.07) is 5.55. The molecule has 4 nitrogen and oxygen atoms in total. The highest BCUT2D eigenvalue weighted by Crippen LogP contribution is 2.06. The fourth-order valence-corrected chi connectivity index (χ4v) is 1.05. The number of aromatic nitrogens is 1. The van der Waals surface area contributed by atoms with Crippen LogP contribution in [-0.2, 0) is 0 Å². The van der Waals surface area contributed by atoms with Gasteiger partial charge in [0.05, 0.1) is 11.6 Å². The number of nitriles is 1. The van der Waals surface area contributed by atoms with Crippen LogP contribution in [0.1, 0.15) is 19.4 Å². The van der Waals surface area contributed by atoms with Crippen molar-refractivity contribution in [3.05, 3.63) is 23.9 Å². The van der Waals surface area contributed by atoms with Crippen LogP contribution in [0.15, 0.2) is 18.3 Å². The van der Waals surface area contributed by atoms with Crippen LogP contribution in [0.3, 0.4) is 0 Å². The SMILES string of the molecule is CC(C)C(N)CNc1cc(C#N)ccn1. The highest BCUT2D eigenvalue weighted by atomic mass is 15.0. The van der Waals surface area contributed by atoms with Gasteiger partial charge >= 0.3 is 0 Å². The lowest BCUT2D eigenvalue weighted by molar-refractivity contribution is 0.511. The normalized spacial score (nSPS) is 12.2. The van der Waals surface area contributed by atoms with Gasteiger partial charge in [-0.2, -0.15) is 5.26 Å².